The standard InChI is InChI=1S/C35H48N10O3/c1-22(2)29(36)18-33(40-25-19-39-43(20-25)16-17-46)42-35(47)41-30-13-14-31(28-11-6-5-10-27(28)30)48-26-12-15-32(37)44(21-26)34(38)45-23(3)8-7-9-24(45)4/h5-6,10-12,15,18-24,30-31,37-38,46H,7-9,13-14,16-17,36H2,1-4H3,(H2,40,41,42,47)/t23-,24+,30-,31+/m0/s1. The Bertz CT molecular complexity index is 1710. The van der Waals surface area contributed by atoms with Crippen LogP contribution >= 0.6 is 0 Å². The average Bonchev–Trinajstić information content (AvgIpc) is 3.49. The average molecular weight is 657 g/mol. The summed E-state index contributed by atoms with van der Waals surface area (Å²) in [5.74, 6) is 1.19. The number of hydrogen-bond acceptors (Lipinski definition) is 8. The number of piperidine rings is 1. The Morgan fingerprint density at radius 1 is 1.12 bits per heavy atom. The second kappa shape index (κ2) is 15.3. The number of amides is 2. The van der Waals surface area contributed by atoms with E-state index in [1.54, 1.807) is 46.0 Å². The summed E-state index contributed by atoms with van der Waals surface area (Å²) in [6.07, 6.45) is 10.8. The van der Waals surface area contributed by atoms with Crippen molar-refractivity contribution in [1.82, 2.24) is 29.9 Å². The first-order chi connectivity index (χ1) is 23.0. The minimum absolute atomic E-state index is 0.0487. The van der Waals surface area contributed by atoms with E-state index in [-0.39, 0.29) is 54.0 Å². The maximum absolute atomic E-state index is 13.4. The third-order valence-corrected chi connectivity index (χ3v) is 9.02. The van der Waals surface area contributed by atoms with Crippen LogP contribution in [0.4, 0.5) is 10.5 Å². The van der Waals surface area contributed by atoms with E-state index in [0.29, 0.717) is 36.5 Å². The lowest BCUT2D eigenvalue weighted by molar-refractivity contribution is 0.169. The van der Waals surface area contributed by atoms with Gasteiger partial charge in [0.1, 0.15) is 28.9 Å². The quantitative estimate of drug-likeness (QED) is 0.151. The largest absolute Gasteiger partial charge is 0.484 e. The number of aliphatic imine (C=N–C) groups is 1. The van der Waals surface area contributed by atoms with Gasteiger partial charge < -0.3 is 25.8 Å². The number of amidine groups is 1. The van der Waals surface area contributed by atoms with Gasteiger partial charge in [-0.3, -0.25) is 25.4 Å². The molecule has 0 bridgehead atoms. The first-order valence-electron chi connectivity index (χ1n) is 16.7. The van der Waals surface area contributed by atoms with Crippen molar-refractivity contribution in [2.45, 2.75) is 90.6 Å². The summed E-state index contributed by atoms with van der Waals surface area (Å²) in [6, 6.07) is 11.1. The van der Waals surface area contributed by atoms with E-state index in [1.807, 2.05) is 38.1 Å². The Kier molecular flexibility index (Phi) is 11.0. The minimum atomic E-state index is -0.421. The van der Waals surface area contributed by atoms with E-state index in [2.05, 4.69) is 39.5 Å². The number of hydrogen-bond donors (Lipinski definition) is 6. The van der Waals surface area contributed by atoms with Gasteiger partial charge in [0.2, 0.25) is 5.96 Å². The number of aromatic nitrogens is 3. The number of allylic oxidation sites excluding steroid dienone is 1. The van der Waals surface area contributed by atoms with Gasteiger partial charge in [-0.05, 0) is 81.2 Å². The van der Waals surface area contributed by atoms with E-state index in [0.717, 1.165) is 30.4 Å². The summed E-state index contributed by atoms with van der Waals surface area (Å²) < 4.78 is 9.69. The SMILES string of the molecule is CC(C)C(N)=CC(=Nc1cnn(CCO)c1)NC(=O)N[C@H]1CC[C@@H](Oc2ccc(=N)n(C(=N)N3[C@H](C)CCC[C@@H]3C)c2)c2ccccc21. The summed E-state index contributed by atoms with van der Waals surface area (Å²) in [6.45, 7) is 8.48. The molecule has 13 heteroatoms. The number of fused-ring (bicyclic) bond motifs is 1. The summed E-state index contributed by atoms with van der Waals surface area (Å²) in [4.78, 5) is 20.0. The monoisotopic (exact) mass is 656 g/mol. The predicted octanol–water partition coefficient (Wildman–Crippen LogP) is 4.69. The Morgan fingerprint density at radius 2 is 1.85 bits per heavy atom. The zero-order chi connectivity index (χ0) is 34.4. The Hall–Kier alpha value is -4.91. The Balaban J connectivity index is 1.31. The number of nitrogens with two attached hydrogens (primary N) is 1. The molecule has 1 aliphatic heterocycles. The predicted molar refractivity (Wildman–Crippen MR) is 185 cm³/mol. The fourth-order valence-corrected chi connectivity index (χ4v) is 6.38. The van der Waals surface area contributed by atoms with Crippen LogP contribution in [0.2, 0.25) is 0 Å². The molecular weight excluding hydrogens is 608 g/mol. The van der Waals surface area contributed by atoms with Crippen LogP contribution in [-0.4, -0.2) is 60.9 Å². The normalized spacial score (nSPS) is 21.5. The number of aliphatic hydroxyl groups is 1. The highest BCUT2D eigenvalue weighted by Crippen LogP contribution is 2.38. The van der Waals surface area contributed by atoms with Gasteiger partial charge >= 0.3 is 6.03 Å². The molecule has 0 unspecified atom stereocenters. The van der Waals surface area contributed by atoms with Crippen LogP contribution < -0.4 is 26.6 Å². The third kappa shape index (κ3) is 8.14. The molecule has 3 aromatic rings. The molecule has 2 aliphatic rings. The van der Waals surface area contributed by atoms with Crippen molar-refractivity contribution in [2.75, 3.05) is 6.61 Å². The molecule has 3 heterocycles. The molecule has 0 radical (unpaired) electrons. The highest BCUT2D eigenvalue weighted by atomic mass is 16.5. The molecule has 5 rings (SSSR count). The van der Waals surface area contributed by atoms with E-state index in [1.165, 1.54) is 0 Å². The zero-order valence-electron chi connectivity index (χ0n) is 28.2. The summed E-state index contributed by atoms with van der Waals surface area (Å²) in [7, 11) is 0. The molecule has 4 atom stereocenters. The lowest BCUT2D eigenvalue weighted by atomic mass is 9.85. The van der Waals surface area contributed by atoms with Crippen LogP contribution in [0.3, 0.4) is 0 Å². The molecular formula is C35H48N10O3. The lowest BCUT2D eigenvalue weighted by Crippen LogP contribution is -2.51. The number of urea groups is 1. The van der Waals surface area contributed by atoms with Gasteiger partial charge in [-0.25, -0.2) is 9.79 Å². The van der Waals surface area contributed by atoms with Crippen LogP contribution in [0, 0.1) is 16.7 Å². The van der Waals surface area contributed by atoms with Crippen LogP contribution in [0.1, 0.15) is 83.1 Å². The van der Waals surface area contributed by atoms with Crippen LogP contribution in [-0.2, 0) is 6.54 Å². The number of rotatable bonds is 8. The molecule has 48 heavy (non-hydrogen) atoms. The number of likely N-dealkylation sites (tertiary alicyclic amines) is 1. The number of carbonyl (C=O) groups is 1. The molecule has 0 spiro atoms. The molecule has 13 nitrogen and oxygen atoms in total. The Labute approximate surface area is 281 Å². The summed E-state index contributed by atoms with van der Waals surface area (Å²) >= 11 is 0. The van der Waals surface area contributed by atoms with Gasteiger partial charge in [0.15, 0.2) is 0 Å². The number of aliphatic hydroxyl groups excluding tert-OH is 1. The minimum Gasteiger partial charge on any atom is -0.484 e. The molecule has 0 saturated carbocycles. The maximum atomic E-state index is 13.4. The zero-order valence-corrected chi connectivity index (χ0v) is 28.2. The second-order valence-corrected chi connectivity index (χ2v) is 12.9. The van der Waals surface area contributed by atoms with Gasteiger partial charge in [-0.2, -0.15) is 5.10 Å². The van der Waals surface area contributed by atoms with Gasteiger partial charge in [0, 0.05) is 17.8 Å². The van der Waals surface area contributed by atoms with Gasteiger partial charge in [0.05, 0.1) is 37.8 Å². The molecule has 1 aliphatic carbocycles. The van der Waals surface area contributed by atoms with Crippen LogP contribution in [0.25, 0.3) is 0 Å². The highest BCUT2D eigenvalue weighted by molar-refractivity contribution is 6.05. The van der Waals surface area contributed by atoms with E-state index < -0.39 is 6.03 Å². The van der Waals surface area contributed by atoms with Crippen molar-refractivity contribution < 1.29 is 14.6 Å². The molecule has 7 N–H and O–H groups in total. The van der Waals surface area contributed by atoms with Crippen molar-refractivity contribution in [1.29, 1.82) is 10.8 Å². The molecule has 1 fully saturated rings. The summed E-state index contributed by atoms with van der Waals surface area (Å²) in [5, 5.41) is 36.9. The first kappa shape index (κ1) is 34.4. The van der Waals surface area contributed by atoms with Gasteiger partial charge in [-0.1, -0.05) is 38.1 Å². The molecule has 2 aromatic heterocycles. The van der Waals surface area contributed by atoms with Gasteiger partial charge in [-0.15, -0.1) is 0 Å². The number of nitrogens with one attached hydrogen (secondary N) is 4. The first-order valence-corrected chi connectivity index (χ1v) is 16.7. The maximum Gasteiger partial charge on any atom is 0.320 e. The third-order valence-electron chi connectivity index (χ3n) is 9.02. The number of pyridine rings is 1. The number of benzene rings is 1. The Morgan fingerprint density at radius 3 is 2.56 bits per heavy atom. The molecule has 256 valence electrons. The van der Waals surface area contributed by atoms with E-state index >= 15 is 0 Å². The van der Waals surface area contributed by atoms with Crippen molar-refractivity contribution in [3.05, 3.63) is 83.4 Å². The molecule has 2 amide bonds. The second-order valence-electron chi connectivity index (χ2n) is 12.9. The fraction of sp³-hybridized carbons (Fsp3) is 0.457. The van der Waals surface area contributed by atoms with E-state index in [9.17, 15) is 9.90 Å². The van der Waals surface area contributed by atoms with Crippen molar-refractivity contribution in [3.8, 4) is 5.75 Å². The van der Waals surface area contributed by atoms with Gasteiger partial charge in [0.25, 0.3) is 0 Å². The lowest BCUT2D eigenvalue weighted by Gasteiger charge is -2.41. The number of nitrogens with zero attached hydrogens (tertiary/aromatic N) is 5. The molecule has 1 aromatic carbocycles. The smallest absolute Gasteiger partial charge is 0.320 e. The molecule has 1 saturated heterocycles. The fourth-order valence-electron chi connectivity index (χ4n) is 6.38. The number of carbonyl (C=O) groups excluding carboxylic acids is 1. The topological polar surface area (TPSA) is 183 Å². The highest BCUT2D eigenvalue weighted by Gasteiger charge is 2.31. The number of ether oxygens (including phenoxy) is 1. The van der Waals surface area contributed by atoms with E-state index in [4.69, 9.17) is 21.3 Å². The van der Waals surface area contributed by atoms with Crippen molar-refractivity contribution >= 4 is 23.5 Å². The van der Waals surface area contributed by atoms with Crippen LogP contribution in [0.5, 0.6) is 5.75 Å². The van der Waals surface area contributed by atoms with Crippen molar-refractivity contribution in [2.24, 2.45) is 16.6 Å². The summed E-state index contributed by atoms with van der Waals surface area (Å²) in [5.41, 5.74) is 9.46. The van der Waals surface area contributed by atoms with Crippen molar-refractivity contribution in [3.63, 3.8) is 0 Å². The van der Waals surface area contributed by atoms with Crippen LogP contribution in [0.15, 0.2) is 71.8 Å².